The van der Waals surface area contributed by atoms with Gasteiger partial charge in [0.15, 0.2) is 0 Å². The van der Waals surface area contributed by atoms with E-state index in [1.165, 1.54) is 5.48 Å². The number of rotatable bonds is 10. The van der Waals surface area contributed by atoms with Crippen LogP contribution in [-0.4, -0.2) is 75.9 Å². The second kappa shape index (κ2) is 12.5. The van der Waals surface area contributed by atoms with Crippen molar-refractivity contribution >= 4 is 29.4 Å². The quantitative estimate of drug-likeness (QED) is 0.260. The predicted molar refractivity (Wildman–Crippen MR) is 126 cm³/mol. The van der Waals surface area contributed by atoms with E-state index in [-0.39, 0.29) is 12.3 Å². The highest BCUT2D eigenvalue weighted by Gasteiger charge is 2.35. The summed E-state index contributed by atoms with van der Waals surface area (Å²) in [5.41, 5.74) is 2.51. The van der Waals surface area contributed by atoms with Crippen molar-refractivity contribution in [1.82, 2.24) is 20.3 Å². The number of hydrogen-bond donors (Lipinski definition) is 3. The molecule has 0 radical (unpaired) electrons. The fourth-order valence-corrected chi connectivity index (χ4v) is 4.08. The van der Waals surface area contributed by atoms with Crippen molar-refractivity contribution in [3.63, 3.8) is 0 Å². The number of carbonyl (C=O) groups is 2. The van der Waals surface area contributed by atoms with Crippen LogP contribution in [0, 0.1) is 5.92 Å². The van der Waals surface area contributed by atoms with Crippen molar-refractivity contribution in [2.75, 3.05) is 37.7 Å². The minimum Gasteiger partial charge on any atom is -0.494 e. The van der Waals surface area contributed by atoms with Gasteiger partial charge < -0.3 is 19.6 Å². The molecule has 1 aromatic heterocycles. The number of amides is 2. The molecule has 2 amide bonds. The molecule has 1 aliphatic heterocycles. The number of ether oxygens (including phenoxy) is 1. The Hall–Kier alpha value is -2.95. The molecule has 2 heterocycles. The number of aliphatic hydroxyl groups is 1. The lowest BCUT2D eigenvalue weighted by Gasteiger charge is -2.37. The topological polar surface area (TPSA) is 128 Å². The fraction of sp³-hybridized carbons (Fsp3) is 0.478. The molecule has 0 spiro atoms. The average molecular weight is 492 g/mol. The third-order valence-electron chi connectivity index (χ3n) is 5.78. The number of anilines is 1. The second-order valence-corrected chi connectivity index (χ2v) is 8.38. The first kappa shape index (κ1) is 25.7. The standard InChI is InChI=1S/C23H30ClN5O5/c1-2-34-17-8-6-16(7-9-17)4-3-5-18(20(30)21(31)27-33)22(32)28-12-14-29(15-13-28)23-25-11-10-19(24)26-23/h6-11,18,20,30,33H,2-5,12-15H2,1H3,(H,27,31)/t18-,20+/m1/s1. The van der Waals surface area contributed by atoms with E-state index in [1.54, 1.807) is 17.2 Å². The van der Waals surface area contributed by atoms with Gasteiger partial charge in [-0.05, 0) is 49.9 Å². The number of nitrogens with one attached hydrogen (secondary N) is 1. The van der Waals surface area contributed by atoms with Crippen molar-refractivity contribution in [3.05, 3.63) is 47.2 Å². The number of hydrogen-bond acceptors (Lipinski definition) is 8. The van der Waals surface area contributed by atoms with Gasteiger partial charge >= 0.3 is 0 Å². The highest BCUT2D eigenvalue weighted by molar-refractivity contribution is 6.29. The van der Waals surface area contributed by atoms with Crippen molar-refractivity contribution in [2.45, 2.75) is 32.3 Å². The van der Waals surface area contributed by atoms with Gasteiger partial charge in [0.2, 0.25) is 11.9 Å². The van der Waals surface area contributed by atoms with Gasteiger partial charge in [-0.3, -0.25) is 14.8 Å². The van der Waals surface area contributed by atoms with Gasteiger partial charge in [-0.15, -0.1) is 0 Å². The fourth-order valence-electron chi connectivity index (χ4n) is 3.95. The highest BCUT2D eigenvalue weighted by atomic mass is 35.5. The minimum absolute atomic E-state index is 0.290. The van der Waals surface area contributed by atoms with Gasteiger partial charge in [0.05, 0.1) is 12.5 Å². The Morgan fingerprint density at radius 1 is 1.18 bits per heavy atom. The second-order valence-electron chi connectivity index (χ2n) is 7.99. The van der Waals surface area contributed by atoms with Gasteiger partial charge in [0.1, 0.15) is 17.0 Å². The molecule has 3 N–H and O–H groups in total. The zero-order chi connectivity index (χ0) is 24.5. The Bertz CT molecular complexity index is 953. The van der Waals surface area contributed by atoms with E-state index in [4.69, 9.17) is 21.5 Å². The van der Waals surface area contributed by atoms with E-state index in [1.807, 2.05) is 36.1 Å². The first-order valence-corrected chi connectivity index (χ1v) is 11.7. The van der Waals surface area contributed by atoms with Crippen molar-refractivity contribution in [3.8, 4) is 5.75 Å². The summed E-state index contributed by atoms with van der Waals surface area (Å²) in [6.07, 6.45) is 1.47. The van der Waals surface area contributed by atoms with Crippen LogP contribution in [0.1, 0.15) is 25.3 Å². The molecular weight excluding hydrogens is 462 g/mol. The third-order valence-corrected chi connectivity index (χ3v) is 5.99. The van der Waals surface area contributed by atoms with Crippen LogP contribution in [0.5, 0.6) is 5.75 Å². The molecule has 1 aromatic carbocycles. The van der Waals surface area contributed by atoms with Crippen LogP contribution in [0.15, 0.2) is 36.5 Å². The number of carbonyl (C=O) groups excluding carboxylic acids is 2. The summed E-state index contributed by atoms with van der Waals surface area (Å²) >= 11 is 5.94. The predicted octanol–water partition coefficient (Wildman–Crippen LogP) is 1.68. The van der Waals surface area contributed by atoms with Crippen LogP contribution in [-0.2, 0) is 16.0 Å². The van der Waals surface area contributed by atoms with Crippen molar-refractivity contribution in [2.24, 2.45) is 5.92 Å². The normalized spacial score (nSPS) is 15.5. The van der Waals surface area contributed by atoms with E-state index in [0.29, 0.717) is 56.7 Å². The molecule has 0 unspecified atom stereocenters. The van der Waals surface area contributed by atoms with Crippen LogP contribution < -0.4 is 15.1 Å². The maximum absolute atomic E-state index is 13.2. The first-order chi connectivity index (χ1) is 16.4. The van der Waals surface area contributed by atoms with Gasteiger partial charge in [0, 0.05) is 32.4 Å². The molecule has 1 fully saturated rings. The summed E-state index contributed by atoms with van der Waals surface area (Å²) in [4.78, 5) is 37.1. The van der Waals surface area contributed by atoms with Crippen molar-refractivity contribution in [1.29, 1.82) is 0 Å². The van der Waals surface area contributed by atoms with Crippen LogP contribution in [0.3, 0.4) is 0 Å². The third kappa shape index (κ3) is 6.78. The van der Waals surface area contributed by atoms with E-state index >= 15 is 0 Å². The zero-order valence-corrected chi connectivity index (χ0v) is 19.8. The average Bonchev–Trinajstić information content (AvgIpc) is 2.86. The number of piperazine rings is 1. The molecule has 3 rings (SSSR count). The first-order valence-electron chi connectivity index (χ1n) is 11.3. The van der Waals surface area contributed by atoms with Gasteiger partial charge in [0.25, 0.3) is 5.91 Å². The van der Waals surface area contributed by atoms with Gasteiger partial charge in [-0.2, -0.15) is 0 Å². The summed E-state index contributed by atoms with van der Waals surface area (Å²) in [6.45, 7) is 4.27. The molecule has 0 saturated carbocycles. The lowest BCUT2D eigenvalue weighted by Crippen LogP contribution is -2.53. The largest absolute Gasteiger partial charge is 0.494 e. The molecule has 2 aromatic rings. The van der Waals surface area contributed by atoms with Gasteiger partial charge in [-0.25, -0.2) is 15.4 Å². The Labute approximate surface area is 203 Å². The minimum atomic E-state index is -1.65. The summed E-state index contributed by atoms with van der Waals surface area (Å²) < 4.78 is 5.44. The summed E-state index contributed by atoms with van der Waals surface area (Å²) in [5.74, 6) is -1.01. The molecule has 11 heteroatoms. The number of hydroxylamine groups is 1. The summed E-state index contributed by atoms with van der Waals surface area (Å²) in [5, 5.41) is 19.8. The molecule has 1 saturated heterocycles. The monoisotopic (exact) mass is 491 g/mol. The Morgan fingerprint density at radius 3 is 2.50 bits per heavy atom. The lowest BCUT2D eigenvalue weighted by molar-refractivity contribution is -0.151. The number of nitrogens with zero attached hydrogens (tertiary/aromatic N) is 4. The number of aryl methyl sites for hydroxylation is 1. The summed E-state index contributed by atoms with van der Waals surface area (Å²) in [6, 6.07) is 9.28. The summed E-state index contributed by atoms with van der Waals surface area (Å²) in [7, 11) is 0. The molecule has 1 aliphatic rings. The number of aliphatic hydroxyl groups excluding tert-OH is 1. The van der Waals surface area contributed by atoms with Crippen LogP contribution in [0.25, 0.3) is 0 Å². The SMILES string of the molecule is CCOc1ccc(CCC[C@@H](C(=O)N2CCN(c3nccc(Cl)n3)CC2)[C@H](O)C(=O)NO)cc1. The molecule has 0 bridgehead atoms. The van der Waals surface area contributed by atoms with E-state index in [0.717, 1.165) is 11.3 Å². The molecule has 0 aliphatic carbocycles. The van der Waals surface area contributed by atoms with Crippen LogP contribution in [0.4, 0.5) is 5.95 Å². The molecule has 184 valence electrons. The molecule has 34 heavy (non-hydrogen) atoms. The number of halogens is 1. The highest BCUT2D eigenvalue weighted by Crippen LogP contribution is 2.21. The lowest BCUT2D eigenvalue weighted by atomic mass is 9.92. The molecular formula is C23H30ClN5O5. The maximum Gasteiger partial charge on any atom is 0.272 e. The van der Waals surface area contributed by atoms with Crippen LogP contribution in [0.2, 0.25) is 5.15 Å². The Kier molecular flexibility index (Phi) is 9.43. The zero-order valence-electron chi connectivity index (χ0n) is 19.1. The smallest absolute Gasteiger partial charge is 0.272 e. The van der Waals surface area contributed by atoms with E-state index in [2.05, 4.69) is 9.97 Å². The number of aromatic nitrogens is 2. The van der Waals surface area contributed by atoms with E-state index < -0.39 is 17.9 Å². The Balaban J connectivity index is 1.59. The maximum atomic E-state index is 13.2. The number of benzene rings is 1. The molecule has 10 nitrogen and oxygen atoms in total. The van der Waals surface area contributed by atoms with E-state index in [9.17, 15) is 14.7 Å². The molecule has 2 atom stereocenters. The Morgan fingerprint density at radius 2 is 1.88 bits per heavy atom. The van der Waals surface area contributed by atoms with Gasteiger partial charge in [-0.1, -0.05) is 23.7 Å². The van der Waals surface area contributed by atoms with Crippen LogP contribution >= 0.6 is 11.6 Å². The van der Waals surface area contributed by atoms with Crippen molar-refractivity contribution < 1.29 is 24.6 Å².